The molecule has 15 rings (SSSR count). The van der Waals surface area contributed by atoms with E-state index in [1.807, 2.05) is 0 Å². The van der Waals surface area contributed by atoms with Gasteiger partial charge in [0, 0.05) is 55.6 Å². The number of halogens is 9. The lowest BCUT2D eigenvalue weighted by Gasteiger charge is -2.23. The number of carboxylic acids is 1. The van der Waals surface area contributed by atoms with E-state index in [2.05, 4.69) is 60.9 Å². The molecule has 0 fully saturated rings. The Labute approximate surface area is 643 Å². The van der Waals surface area contributed by atoms with Gasteiger partial charge in [-0.3, -0.25) is 4.79 Å². The molecule has 25 nitrogen and oxygen atoms in total. The molecule has 0 amide bonds. The molecular weight excluding hydrogens is 1590 g/mol. The molecule has 9 heterocycles. The number of para-hydroxylation sites is 4. The Bertz CT molecular complexity index is 5320. The largest absolute Gasteiger partial charge is 0.506 e. The third-order valence-corrected chi connectivity index (χ3v) is 17.1. The van der Waals surface area contributed by atoms with Crippen LogP contribution < -0.4 is 25.4 Å². The van der Waals surface area contributed by atoms with Gasteiger partial charge < -0.3 is 63.1 Å². The number of aromatic nitrogens is 7. The van der Waals surface area contributed by atoms with Crippen molar-refractivity contribution in [2.75, 3.05) is 63.6 Å². The number of nitrogens with two attached hydrogens (primary N) is 1. The topological polar surface area (TPSA) is 343 Å². The molecule has 0 spiro atoms. The van der Waals surface area contributed by atoms with Crippen LogP contribution in [0.4, 0.5) is 31.7 Å². The molecule has 2 aliphatic heterocycles. The minimum absolute atomic E-state index is 0.0301. The number of nitrogens with zero attached hydrogens (tertiary/aromatic N) is 8. The lowest BCUT2D eigenvalue weighted by molar-refractivity contribution is 0.0591. The van der Waals surface area contributed by atoms with Crippen LogP contribution in [0, 0.1) is 11.6 Å². The number of esters is 3. The van der Waals surface area contributed by atoms with Crippen LogP contribution in [0.15, 0.2) is 176 Å². The Morgan fingerprint density at radius 2 is 1.03 bits per heavy atom. The third kappa shape index (κ3) is 19.3. The molecule has 34 heteroatoms. The number of nitrogens with one attached hydrogen (secondary N) is 1. The molecule has 0 aliphatic carbocycles. The maximum absolute atomic E-state index is 13.9. The van der Waals surface area contributed by atoms with Crippen molar-refractivity contribution in [1.82, 2.24) is 34.9 Å². The SMILES string of the molecule is COC(=O)c1cc(Br)ncc1-c1nc2c(Cl)cccc2o1.COC(=O)c1cc(Cl)ncc1-c1nc2c(Cl)cccc2o1.COC(=O)c1cc(Cl)ncc1C=O.Fc1ccc2c(c1)NCCCO2.Nc1c(O)cccc1Cl.O=C(O)c1cc(N2CCCOc3ccc(F)cc32)ncc1-c1nc2c(Cl)cccc2o1. The summed E-state index contributed by atoms with van der Waals surface area (Å²) in [5, 5.41) is 23.9. The number of carbonyl (C=O) groups excluding carboxylic acids is 4. The van der Waals surface area contributed by atoms with E-state index in [1.54, 1.807) is 89.8 Å². The summed E-state index contributed by atoms with van der Waals surface area (Å²) in [5.41, 5.74) is 11.6. The summed E-state index contributed by atoms with van der Waals surface area (Å²) in [5.74, 6) is -1.25. The summed E-state index contributed by atoms with van der Waals surface area (Å²) in [6.07, 6.45) is 7.66. The van der Waals surface area contributed by atoms with Gasteiger partial charge in [-0.05, 0) is 126 Å². The number of aromatic carboxylic acids is 1. The number of carbonyl (C=O) groups is 5. The van der Waals surface area contributed by atoms with Crippen molar-refractivity contribution in [2.45, 2.75) is 12.8 Å². The molecule has 0 saturated carbocycles. The van der Waals surface area contributed by atoms with Gasteiger partial charge >= 0.3 is 23.9 Å². The van der Waals surface area contributed by atoms with Gasteiger partial charge in [0.15, 0.2) is 23.0 Å². The molecule has 7 aromatic heterocycles. The number of hydrogen-bond acceptors (Lipinski definition) is 24. The Morgan fingerprint density at radius 1 is 0.561 bits per heavy atom. The zero-order valence-corrected chi connectivity index (χ0v) is 61.7. The number of nitrogen functional groups attached to an aromatic ring is 1. The van der Waals surface area contributed by atoms with E-state index in [0.29, 0.717) is 124 Å². The fourth-order valence-corrected chi connectivity index (χ4v) is 11.4. The first-order valence-electron chi connectivity index (χ1n) is 31.1. The molecule has 107 heavy (non-hydrogen) atoms. The fourth-order valence-electron chi connectivity index (χ4n) is 9.97. The van der Waals surface area contributed by atoms with Crippen molar-refractivity contribution in [3.05, 3.63) is 233 Å². The minimum Gasteiger partial charge on any atom is -0.506 e. The molecule has 0 radical (unpaired) electrons. The van der Waals surface area contributed by atoms with Gasteiger partial charge in [0.1, 0.15) is 66.2 Å². The summed E-state index contributed by atoms with van der Waals surface area (Å²) >= 11 is 38.4. The van der Waals surface area contributed by atoms with Crippen LogP contribution in [0.3, 0.4) is 0 Å². The van der Waals surface area contributed by atoms with Crippen LogP contribution in [-0.2, 0) is 14.2 Å². The average Bonchev–Trinajstić information content (AvgIpc) is 1.74. The number of pyridine rings is 4. The highest BCUT2D eigenvalue weighted by molar-refractivity contribution is 9.10. The first kappa shape index (κ1) is 78.4. The van der Waals surface area contributed by atoms with Gasteiger partial charge in [0.2, 0.25) is 17.7 Å². The Morgan fingerprint density at radius 3 is 1.56 bits per heavy atom. The van der Waals surface area contributed by atoms with Gasteiger partial charge in [-0.15, -0.1) is 0 Å². The molecule has 0 bridgehead atoms. The van der Waals surface area contributed by atoms with Gasteiger partial charge in [-0.2, -0.15) is 0 Å². The number of hydrogen-bond donors (Lipinski definition) is 4. The lowest BCUT2D eigenvalue weighted by Crippen LogP contribution is -2.20. The van der Waals surface area contributed by atoms with Crippen molar-refractivity contribution in [3.8, 4) is 51.6 Å². The summed E-state index contributed by atoms with van der Waals surface area (Å²) in [6.45, 7) is 2.49. The van der Waals surface area contributed by atoms with E-state index in [1.165, 1.54) is 94.6 Å². The standard InChI is InChI=1S/C22H15ClFN3O4.C14H8BrClN2O3.C14H8Cl2N2O3.C9H10FNO.C8H6ClNO3.C6H6ClNO/c23-15-3-1-4-18-20(15)26-21(31-18)14-11-25-19(10-13(14)22(28)29)27-7-2-8-30-17-6-5-12(24)9-16(17)27;1-20-14(19)7-5-11(15)17-6-8(7)13-18-12-9(16)3-2-4-10(12)21-13;1-20-14(19)7-5-11(16)17-6-8(7)13-18-12-9(15)3-2-4-10(12)21-13;10-7-2-3-9-8(6-7)11-4-1-5-12-9;1-13-8(12)6-2-7(9)10-3-5(6)4-11;7-4-2-1-3-5(9)6(4)8/h1,3-6,9-11H,2,7-8H2,(H,28,29);2*2-6H,1H3;2-3,6,11H,1,4-5H2;2-4H,1H3;1-3,9H,8H2. The van der Waals surface area contributed by atoms with Crippen molar-refractivity contribution < 1.29 is 79.9 Å². The van der Waals surface area contributed by atoms with E-state index in [9.17, 15) is 37.9 Å². The summed E-state index contributed by atoms with van der Waals surface area (Å²) in [6, 6.07) is 34.7. The molecule has 5 N–H and O–H groups in total. The average molecular weight is 1640 g/mol. The van der Waals surface area contributed by atoms with Gasteiger partial charge in [0.25, 0.3) is 0 Å². The number of ether oxygens (including phenoxy) is 5. The number of phenolic OH excluding ortho intramolecular Hbond substituents is 1. The van der Waals surface area contributed by atoms with Gasteiger partial charge in [0.05, 0.1) is 111 Å². The molecule has 6 aromatic carbocycles. The molecule has 2 aliphatic rings. The normalized spacial score (nSPS) is 11.8. The van der Waals surface area contributed by atoms with E-state index in [-0.39, 0.29) is 73.0 Å². The van der Waals surface area contributed by atoms with Gasteiger partial charge in [-0.1, -0.05) is 93.9 Å². The maximum atomic E-state index is 13.9. The molecule has 548 valence electrons. The second-order valence-corrected chi connectivity index (χ2v) is 25.1. The van der Waals surface area contributed by atoms with Crippen LogP contribution in [0.2, 0.25) is 30.4 Å². The minimum atomic E-state index is -1.17. The molecule has 0 saturated heterocycles. The number of phenols is 1. The Hall–Kier alpha value is -11.2. The van der Waals surface area contributed by atoms with E-state index >= 15 is 0 Å². The highest BCUT2D eigenvalue weighted by atomic mass is 79.9. The highest BCUT2D eigenvalue weighted by Crippen LogP contribution is 2.40. The number of benzene rings is 6. The number of rotatable bonds is 9. The van der Waals surface area contributed by atoms with E-state index in [4.69, 9.17) is 113 Å². The van der Waals surface area contributed by atoms with Crippen LogP contribution in [0.25, 0.3) is 67.7 Å². The molecular formula is C73H53BrCl6F2N10O15. The summed E-state index contributed by atoms with van der Waals surface area (Å²) < 4.78 is 69.2. The highest BCUT2D eigenvalue weighted by Gasteiger charge is 2.27. The van der Waals surface area contributed by atoms with Crippen LogP contribution in [0.5, 0.6) is 17.2 Å². The van der Waals surface area contributed by atoms with Crippen molar-refractivity contribution in [1.29, 1.82) is 0 Å². The second kappa shape index (κ2) is 36.2. The van der Waals surface area contributed by atoms with Crippen molar-refractivity contribution >= 4 is 172 Å². The smallest absolute Gasteiger partial charge is 0.338 e. The maximum Gasteiger partial charge on any atom is 0.338 e. The fraction of sp³-hybridized carbons (Fsp3) is 0.123. The monoisotopic (exact) mass is 1640 g/mol. The number of methoxy groups -OCH3 is 3. The van der Waals surface area contributed by atoms with Crippen LogP contribution in [-0.4, -0.2) is 123 Å². The predicted octanol–water partition coefficient (Wildman–Crippen LogP) is 18.4. The molecule has 0 unspecified atom stereocenters. The number of carboxylic acid groups (broad SMARTS) is 1. The van der Waals surface area contributed by atoms with Crippen LogP contribution >= 0.6 is 85.5 Å². The summed E-state index contributed by atoms with van der Waals surface area (Å²) in [7, 11) is 3.82. The number of oxazole rings is 3. The number of aromatic hydroxyl groups is 1. The molecule has 13 aromatic rings. The number of fused-ring (bicyclic) bond motifs is 5. The second-order valence-electron chi connectivity index (χ2n) is 21.9. The molecule has 0 atom stereocenters. The number of anilines is 4. The van der Waals surface area contributed by atoms with Crippen molar-refractivity contribution in [3.63, 3.8) is 0 Å². The zero-order valence-electron chi connectivity index (χ0n) is 55.6. The summed E-state index contributed by atoms with van der Waals surface area (Å²) in [4.78, 5) is 88.2. The van der Waals surface area contributed by atoms with Crippen molar-refractivity contribution in [2.24, 2.45) is 0 Å². The van der Waals surface area contributed by atoms with Gasteiger partial charge in [-0.25, -0.2) is 62.8 Å². The predicted molar refractivity (Wildman–Crippen MR) is 401 cm³/mol. The number of aldehydes is 1. The first-order valence-corrected chi connectivity index (χ1v) is 34.2. The zero-order chi connectivity index (χ0) is 76.6. The Kier molecular flexibility index (Phi) is 26.5. The first-order chi connectivity index (χ1) is 51.5. The van der Waals surface area contributed by atoms with Crippen LogP contribution in [0.1, 0.15) is 64.6 Å². The third-order valence-electron chi connectivity index (χ3n) is 15.0. The van der Waals surface area contributed by atoms with E-state index < -0.39 is 29.7 Å². The quantitative estimate of drug-likeness (QED) is 0.0260. The Balaban J connectivity index is 0.000000144. The van der Waals surface area contributed by atoms with E-state index in [0.717, 1.165) is 24.4 Å². The lowest BCUT2D eigenvalue weighted by atomic mass is 10.1.